The van der Waals surface area contributed by atoms with Gasteiger partial charge >= 0.3 is 0 Å². The first-order chi connectivity index (χ1) is 8.53. The molecule has 1 aromatic carbocycles. The number of sulfonamides is 1. The van der Waals surface area contributed by atoms with Crippen LogP contribution in [0.3, 0.4) is 0 Å². The van der Waals surface area contributed by atoms with Gasteiger partial charge < -0.3 is 10.5 Å². The van der Waals surface area contributed by atoms with Crippen molar-refractivity contribution in [1.82, 2.24) is 4.72 Å². The Bertz CT molecular complexity index is 486. The first-order valence-electron chi connectivity index (χ1n) is 5.60. The lowest BCUT2D eigenvalue weighted by Crippen LogP contribution is -2.29. The Morgan fingerprint density at radius 2 is 2.22 bits per heavy atom. The Morgan fingerprint density at radius 1 is 1.44 bits per heavy atom. The predicted molar refractivity (Wildman–Crippen MR) is 73.0 cm³/mol. The molecule has 0 saturated carbocycles. The maximum absolute atomic E-state index is 11.5. The lowest BCUT2D eigenvalue weighted by atomic mass is 10.3. The van der Waals surface area contributed by atoms with Gasteiger partial charge in [-0.15, -0.1) is 6.58 Å². The third kappa shape index (κ3) is 5.70. The largest absolute Gasteiger partial charge is 0.492 e. The molecule has 0 aliphatic carbocycles. The number of hydrogen-bond donors (Lipinski definition) is 2. The first-order valence-corrected chi connectivity index (χ1v) is 7.25. The topological polar surface area (TPSA) is 81.4 Å². The van der Waals surface area contributed by atoms with Crippen LogP contribution in [0.5, 0.6) is 5.75 Å². The summed E-state index contributed by atoms with van der Waals surface area (Å²) >= 11 is 0. The zero-order valence-electron chi connectivity index (χ0n) is 10.1. The number of benzene rings is 1. The summed E-state index contributed by atoms with van der Waals surface area (Å²) in [7, 11) is -3.29. The molecule has 100 valence electrons. The van der Waals surface area contributed by atoms with Gasteiger partial charge in [0.2, 0.25) is 10.0 Å². The maximum atomic E-state index is 11.5. The number of ether oxygens (including phenoxy) is 1. The molecule has 0 heterocycles. The number of anilines is 1. The molecule has 0 spiro atoms. The van der Waals surface area contributed by atoms with Crippen LogP contribution in [0.15, 0.2) is 36.9 Å². The standard InChI is InChI=1S/C12H18N2O3S/c1-2-3-7-14-18(15,16)9-8-17-12-6-4-5-11(13)10-12/h2,4-6,10,14H,1,3,7-9,13H2. The van der Waals surface area contributed by atoms with Gasteiger partial charge in [0.05, 0.1) is 5.75 Å². The van der Waals surface area contributed by atoms with E-state index in [9.17, 15) is 8.42 Å². The first kappa shape index (κ1) is 14.5. The van der Waals surface area contributed by atoms with E-state index in [1.54, 1.807) is 30.3 Å². The van der Waals surface area contributed by atoms with Crippen molar-refractivity contribution in [3.63, 3.8) is 0 Å². The van der Waals surface area contributed by atoms with E-state index in [4.69, 9.17) is 10.5 Å². The van der Waals surface area contributed by atoms with Crippen LogP contribution in [-0.2, 0) is 10.0 Å². The van der Waals surface area contributed by atoms with Gasteiger partial charge in [-0.3, -0.25) is 0 Å². The molecule has 18 heavy (non-hydrogen) atoms. The van der Waals surface area contributed by atoms with Gasteiger partial charge in [0, 0.05) is 18.3 Å². The molecule has 0 radical (unpaired) electrons. The fraction of sp³-hybridized carbons (Fsp3) is 0.333. The molecule has 0 aliphatic heterocycles. The van der Waals surface area contributed by atoms with Crippen LogP contribution in [0.4, 0.5) is 5.69 Å². The van der Waals surface area contributed by atoms with Crippen molar-refractivity contribution >= 4 is 15.7 Å². The number of nitrogens with two attached hydrogens (primary N) is 1. The average Bonchev–Trinajstić information content (AvgIpc) is 2.29. The third-order valence-electron chi connectivity index (χ3n) is 2.15. The van der Waals surface area contributed by atoms with E-state index < -0.39 is 10.0 Å². The molecule has 0 fully saturated rings. The van der Waals surface area contributed by atoms with Crippen LogP contribution in [-0.4, -0.2) is 27.3 Å². The maximum Gasteiger partial charge on any atom is 0.214 e. The lowest BCUT2D eigenvalue weighted by molar-refractivity contribution is 0.340. The molecule has 0 bridgehead atoms. The second-order valence-corrected chi connectivity index (χ2v) is 5.64. The van der Waals surface area contributed by atoms with E-state index in [2.05, 4.69) is 11.3 Å². The molecule has 1 rings (SSSR count). The van der Waals surface area contributed by atoms with E-state index >= 15 is 0 Å². The zero-order chi connectivity index (χ0) is 13.4. The average molecular weight is 270 g/mol. The van der Waals surface area contributed by atoms with Crippen LogP contribution < -0.4 is 15.2 Å². The van der Waals surface area contributed by atoms with E-state index in [1.807, 2.05) is 0 Å². The highest BCUT2D eigenvalue weighted by Crippen LogP contribution is 2.14. The van der Waals surface area contributed by atoms with Crippen LogP contribution in [0.1, 0.15) is 6.42 Å². The van der Waals surface area contributed by atoms with Gasteiger partial charge in [-0.05, 0) is 18.6 Å². The van der Waals surface area contributed by atoms with Gasteiger partial charge in [0.25, 0.3) is 0 Å². The monoisotopic (exact) mass is 270 g/mol. The summed E-state index contributed by atoms with van der Waals surface area (Å²) in [6.45, 7) is 3.97. The zero-order valence-corrected chi connectivity index (χ0v) is 10.9. The highest BCUT2D eigenvalue weighted by Gasteiger charge is 2.09. The number of hydrogen-bond acceptors (Lipinski definition) is 4. The SMILES string of the molecule is C=CCCNS(=O)(=O)CCOc1cccc(N)c1. The van der Waals surface area contributed by atoms with Gasteiger partial charge in [-0.2, -0.15) is 0 Å². The van der Waals surface area contributed by atoms with Gasteiger partial charge in [-0.25, -0.2) is 13.1 Å². The minimum absolute atomic E-state index is 0.0844. The van der Waals surface area contributed by atoms with E-state index in [0.29, 0.717) is 24.4 Å². The minimum Gasteiger partial charge on any atom is -0.492 e. The van der Waals surface area contributed by atoms with E-state index in [1.165, 1.54) is 0 Å². The summed E-state index contributed by atoms with van der Waals surface area (Å²) in [6, 6.07) is 6.87. The Morgan fingerprint density at radius 3 is 2.89 bits per heavy atom. The highest BCUT2D eigenvalue weighted by atomic mass is 32.2. The molecule has 0 aliphatic rings. The van der Waals surface area contributed by atoms with Gasteiger partial charge in [0.1, 0.15) is 12.4 Å². The Hall–Kier alpha value is -1.53. The fourth-order valence-electron chi connectivity index (χ4n) is 1.26. The molecular formula is C12H18N2O3S. The van der Waals surface area contributed by atoms with Crippen LogP contribution >= 0.6 is 0 Å². The summed E-state index contributed by atoms with van der Waals surface area (Å²) < 4.78 is 30.8. The smallest absolute Gasteiger partial charge is 0.214 e. The number of rotatable bonds is 8. The molecular weight excluding hydrogens is 252 g/mol. The van der Waals surface area contributed by atoms with Crippen LogP contribution in [0, 0.1) is 0 Å². The van der Waals surface area contributed by atoms with Crippen LogP contribution in [0.2, 0.25) is 0 Å². The van der Waals surface area contributed by atoms with Crippen molar-refractivity contribution in [3.8, 4) is 5.75 Å². The van der Waals surface area contributed by atoms with Crippen molar-refractivity contribution in [1.29, 1.82) is 0 Å². The second-order valence-electron chi connectivity index (χ2n) is 3.71. The van der Waals surface area contributed by atoms with Crippen molar-refractivity contribution in [2.45, 2.75) is 6.42 Å². The summed E-state index contributed by atoms with van der Waals surface area (Å²) in [6.07, 6.45) is 2.26. The Balaban J connectivity index is 2.34. The van der Waals surface area contributed by atoms with Crippen LogP contribution in [0.25, 0.3) is 0 Å². The molecule has 0 atom stereocenters. The van der Waals surface area contributed by atoms with Crippen molar-refractivity contribution in [3.05, 3.63) is 36.9 Å². The fourth-order valence-corrected chi connectivity index (χ4v) is 2.14. The third-order valence-corrected chi connectivity index (χ3v) is 3.50. The molecule has 0 aromatic heterocycles. The molecule has 6 heteroatoms. The lowest BCUT2D eigenvalue weighted by Gasteiger charge is -2.08. The minimum atomic E-state index is -3.29. The van der Waals surface area contributed by atoms with Crippen molar-refractivity contribution in [2.75, 3.05) is 24.6 Å². The highest BCUT2D eigenvalue weighted by molar-refractivity contribution is 7.89. The molecule has 0 unspecified atom stereocenters. The van der Waals surface area contributed by atoms with Crippen molar-refractivity contribution < 1.29 is 13.2 Å². The second kappa shape index (κ2) is 7.03. The molecule has 0 saturated heterocycles. The van der Waals surface area contributed by atoms with Crippen molar-refractivity contribution in [2.24, 2.45) is 0 Å². The van der Waals surface area contributed by atoms with Gasteiger partial charge in [-0.1, -0.05) is 12.1 Å². The summed E-state index contributed by atoms with van der Waals surface area (Å²) in [4.78, 5) is 0. The number of nitrogen functional groups attached to an aromatic ring is 1. The summed E-state index contributed by atoms with van der Waals surface area (Å²) in [5, 5.41) is 0. The quantitative estimate of drug-likeness (QED) is 0.422. The Kier molecular flexibility index (Phi) is 5.67. The van der Waals surface area contributed by atoms with E-state index in [0.717, 1.165) is 0 Å². The summed E-state index contributed by atoms with van der Waals surface area (Å²) in [5.41, 5.74) is 6.16. The predicted octanol–water partition coefficient (Wildman–Crippen LogP) is 1.14. The molecule has 5 nitrogen and oxygen atoms in total. The number of nitrogens with one attached hydrogen (secondary N) is 1. The molecule has 1 aromatic rings. The summed E-state index contributed by atoms with van der Waals surface area (Å²) in [5.74, 6) is 0.482. The van der Waals surface area contributed by atoms with E-state index in [-0.39, 0.29) is 12.4 Å². The molecule has 0 amide bonds. The van der Waals surface area contributed by atoms with Gasteiger partial charge in [0.15, 0.2) is 0 Å². The molecule has 3 N–H and O–H groups in total. The Labute approximate surface area is 108 Å². The normalized spacial score (nSPS) is 11.1.